The van der Waals surface area contributed by atoms with Gasteiger partial charge >= 0.3 is 6.09 Å². The van der Waals surface area contributed by atoms with Crippen LogP contribution in [0.4, 0.5) is 15.0 Å². The van der Waals surface area contributed by atoms with Crippen LogP contribution in [0.1, 0.15) is 31.2 Å². The highest BCUT2D eigenvalue weighted by molar-refractivity contribution is 5.90. The average molecular weight is 403 g/mol. The summed E-state index contributed by atoms with van der Waals surface area (Å²) in [6.07, 6.45) is 4.27. The number of hydrogen-bond donors (Lipinski definition) is 3. The first-order chi connectivity index (χ1) is 14.0. The van der Waals surface area contributed by atoms with E-state index in [9.17, 15) is 9.18 Å². The number of likely N-dealkylation sites (tertiary alicyclic amines) is 1. The number of halogens is 1. The smallest absolute Gasteiger partial charge is 0.414 e. The molecule has 29 heavy (non-hydrogen) atoms. The number of nitrogens with two attached hydrogens (primary N) is 1. The summed E-state index contributed by atoms with van der Waals surface area (Å²) in [5.41, 5.74) is 5.27. The summed E-state index contributed by atoms with van der Waals surface area (Å²) in [7, 11) is 0. The van der Waals surface area contributed by atoms with E-state index in [-0.39, 0.29) is 23.9 Å². The zero-order chi connectivity index (χ0) is 20.8. The highest BCUT2D eigenvalue weighted by atomic mass is 19.1. The van der Waals surface area contributed by atoms with Crippen LogP contribution in [-0.4, -0.2) is 54.2 Å². The van der Waals surface area contributed by atoms with Gasteiger partial charge in [0.15, 0.2) is 17.6 Å². The number of ether oxygens (including phenoxy) is 1. The third-order valence-corrected chi connectivity index (χ3v) is 5.54. The molecule has 2 saturated heterocycles. The van der Waals surface area contributed by atoms with Crippen LogP contribution < -0.4 is 16.0 Å². The Balaban J connectivity index is 1.55. The van der Waals surface area contributed by atoms with E-state index in [1.807, 2.05) is 10.2 Å². The highest BCUT2D eigenvalue weighted by Crippen LogP contribution is 2.27. The van der Waals surface area contributed by atoms with Gasteiger partial charge in [-0.25, -0.2) is 14.2 Å². The van der Waals surface area contributed by atoms with Crippen molar-refractivity contribution in [2.45, 2.75) is 38.3 Å². The molecule has 0 saturated carbocycles. The van der Waals surface area contributed by atoms with Crippen molar-refractivity contribution in [3.05, 3.63) is 23.6 Å². The number of nitriles is 1. The van der Waals surface area contributed by atoms with Crippen LogP contribution in [-0.2, 0) is 11.3 Å². The Kier molecular flexibility index (Phi) is 6.82. The lowest BCUT2D eigenvalue weighted by atomic mass is 9.94. The average Bonchev–Trinajstić information content (AvgIpc) is 2.73. The minimum Gasteiger partial charge on any atom is -0.444 e. The maximum atomic E-state index is 14.9. The van der Waals surface area contributed by atoms with Crippen LogP contribution in [0.5, 0.6) is 0 Å². The second kappa shape index (κ2) is 9.52. The molecular weight excluding hydrogens is 377 g/mol. The summed E-state index contributed by atoms with van der Waals surface area (Å²) >= 11 is 0. The number of piperidine rings is 2. The molecule has 10 heteroatoms. The van der Waals surface area contributed by atoms with E-state index in [0.717, 1.165) is 38.8 Å². The van der Waals surface area contributed by atoms with E-state index in [2.05, 4.69) is 16.0 Å². The number of anilines is 1. The molecule has 3 heterocycles. The number of carbonyl (C=O) groups excluding carboxylic acids is 1. The number of rotatable bonds is 4. The fourth-order valence-electron chi connectivity index (χ4n) is 3.93. The van der Waals surface area contributed by atoms with Crippen molar-refractivity contribution < 1.29 is 13.9 Å². The molecule has 0 aromatic carbocycles. The SMILES string of the molecule is N#CC1CCN(C2CCN(c3nccc(COC(=O)NC(=N)N)c3F)CC2)CC1. The molecular formula is C19H26FN7O2. The third kappa shape index (κ3) is 5.32. The molecule has 0 radical (unpaired) electrons. The predicted molar refractivity (Wildman–Crippen MR) is 105 cm³/mol. The van der Waals surface area contributed by atoms with Gasteiger partial charge < -0.3 is 20.3 Å². The zero-order valence-corrected chi connectivity index (χ0v) is 16.2. The second-order valence-electron chi connectivity index (χ2n) is 7.38. The molecule has 0 bridgehead atoms. The van der Waals surface area contributed by atoms with E-state index in [4.69, 9.17) is 21.1 Å². The maximum absolute atomic E-state index is 14.9. The highest BCUT2D eigenvalue weighted by Gasteiger charge is 2.29. The van der Waals surface area contributed by atoms with Crippen LogP contribution in [0.3, 0.4) is 0 Å². The molecule has 9 nitrogen and oxygen atoms in total. The van der Waals surface area contributed by atoms with E-state index in [1.54, 1.807) is 0 Å². The maximum Gasteiger partial charge on any atom is 0.414 e. The fraction of sp³-hybridized carbons (Fsp3) is 0.579. The van der Waals surface area contributed by atoms with Gasteiger partial charge in [0, 0.05) is 36.8 Å². The van der Waals surface area contributed by atoms with Gasteiger partial charge in [-0.05, 0) is 44.8 Å². The lowest BCUT2D eigenvalue weighted by molar-refractivity contribution is 0.127. The molecule has 0 atom stereocenters. The Morgan fingerprint density at radius 3 is 2.66 bits per heavy atom. The summed E-state index contributed by atoms with van der Waals surface area (Å²) in [6.45, 7) is 3.02. The van der Waals surface area contributed by atoms with E-state index in [0.29, 0.717) is 19.1 Å². The molecule has 2 fully saturated rings. The number of nitrogens with zero attached hydrogens (tertiary/aromatic N) is 4. The van der Waals surface area contributed by atoms with Crippen molar-refractivity contribution in [3.8, 4) is 6.07 Å². The Bertz CT molecular complexity index is 781. The minimum atomic E-state index is -0.906. The van der Waals surface area contributed by atoms with Gasteiger partial charge in [-0.2, -0.15) is 5.26 Å². The van der Waals surface area contributed by atoms with E-state index in [1.165, 1.54) is 12.3 Å². The number of amides is 1. The van der Waals surface area contributed by atoms with E-state index >= 15 is 0 Å². The van der Waals surface area contributed by atoms with Crippen LogP contribution in [0.15, 0.2) is 12.3 Å². The summed E-state index contributed by atoms with van der Waals surface area (Å²) in [4.78, 5) is 20.0. The summed E-state index contributed by atoms with van der Waals surface area (Å²) in [5.74, 6) is -0.603. The molecule has 156 valence electrons. The van der Waals surface area contributed by atoms with E-state index < -0.39 is 17.9 Å². The van der Waals surface area contributed by atoms with Crippen LogP contribution in [0, 0.1) is 28.5 Å². The van der Waals surface area contributed by atoms with Crippen molar-refractivity contribution in [1.82, 2.24) is 15.2 Å². The van der Waals surface area contributed by atoms with Gasteiger partial charge in [-0.15, -0.1) is 0 Å². The van der Waals surface area contributed by atoms with Crippen LogP contribution in [0.2, 0.25) is 0 Å². The lowest BCUT2D eigenvalue weighted by Gasteiger charge is -2.41. The molecule has 2 aliphatic rings. The lowest BCUT2D eigenvalue weighted by Crippen LogP contribution is -2.48. The Hall–Kier alpha value is -2.93. The molecule has 1 aromatic rings. The van der Waals surface area contributed by atoms with Gasteiger partial charge in [0.1, 0.15) is 6.61 Å². The van der Waals surface area contributed by atoms with Gasteiger partial charge in [-0.3, -0.25) is 10.7 Å². The van der Waals surface area contributed by atoms with Gasteiger partial charge in [-0.1, -0.05) is 0 Å². The number of alkyl carbamates (subject to hydrolysis) is 1. The largest absolute Gasteiger partial charge is 0.444 e. The fourth-order valence-corrected chi connectivity index (χ4v) is 3.93. The van der Waals surface area contributed by atoms with Gasteiger partial charge in [0.05, 0.1) is 6.07 Å². The monoisotopic (exact) mass is 403 g/mol. The van der Waals surface area contributed by atoms with Crippen molar-refractivity contribution >= 4 is 17.9 Å². The Morgan fingerprint density at radius 1 is 1.34 bits per heavy atom. The number of hydrogen-bond acceptors (Lipinski definition) is 7. The normalized spacial score (nSPS) is 18.8. The van der Waals surface area contributed by atoms with Crippen LogP contribution >= 0.6 is 0 Å². The molecule has 1 amide bonds. The summed E-state index contributed by atoms with van der Waals surface area (Å²) < 4.78 is 19.8. The summed E-state index contributed by atoms with van der Waals surface area (Å²) in [6, 6.07) is 4.28. The predicted octanol–water partition coefficient (Wildman–Crippen LogP) is 1.54. The first-order valence-corrected chi connectivity index (χ1v) is 9.77. The number of aromatic nitrogens is 1. The topological polar surface area (TPSA) is 131 Å². The first kappa shape index (κ1) is 20.8. The molecule has 0 unspecified atom stereocenters. The first-order valence-electron chi connectivity index (χ1n) is 9.77. The van der Waals surface area contributed by atoms with Crippen molar-refractivity contribution in [3.63, 3.8) is 0 Å². The Labute approximate surface area is 169 Å². The number of carbonyl (C=O) groups is 1. The van der Waals surface area contributed by atoms with Gasteiger partial charge in [0.2, 0.25) is 0 Å². The number of guanidine groups is 1. The van der Waals surface area contributed by atoms with Crippen LogP contribution in [0.25, 0.3) is 0 Å². The molecule has 4 N–H and O–H groups in total. The quantitative estimate of drug-likeness (QED) is 0.513. The Morgan fingerprint density at radius 2 is 2.03 bits per heavy atom. The molecule has 0 spiro atoms. The molecule has 0 aliphatic carbocycles. The minimum absolute atomic E-state index is 0.173. The summed E-state index contributed by atoms with van der Waals surface area (Å²) in [5, 5.41) is 18.0. The second-order valence-corrected chi connectivity index (χ2v) is 7.38. The molecule has 2 aliphatic heterocycles. The third-order valence-electron chi connectivity index (χ3n) is 5.54. The molecule has 1 aromatic heterocycles. The standard InChI is InChI=1S/C19H26FN7O2/c20-16-14(12-29-19(28)25-18(22)23)1-6-24-17(16)27-9-4-15(5-10-27)26-7-2-13(11-21)3-8-26/h1,6,13,15H,2-5,7-10,12H2,(H4,22,23,25,28). The molecule has 3 rings (SSSR count). The number of nitrogens with one attached hydrogen (secondary N) is 2. The number of pyridine rings is 1. The van der Waals surface area contributed by atoms with Crippen molar-refractivity contribution in [1.29, 1.82) is 10.7 Å². The zero-order valence-electron chi connectivity index (χ0n) is 16.2. The van der Waals surface area contributed by atoms with Crippen molar-refractivity contribution in [2.24, 2.45) is 11.7 Å². The van der Waals surface area contributed by atoms with Crippen molar-refractivity contribution in [2.75, 3.05) is 31.1 Å². The van der Waals surface area contributed by atoms with Gasteiger partial charge in [0.25, 0.3) is 0 Å².